The molecule has 0 aromatic heterocycles. The zero-order valence-electron chi connectivity index (χ0n) is 4.38. The lowest BCUT2D eigenvalue weighted by Gasteiger charge is -2.12. The maximum absolute atomic E-state index is 8.33. The summed E-state index contributed by atoms with van der Waals surface area (Å²) in [6.45, 7) is 1.60. The van der Waals surface area contributed by atoms with E-state index in [4.69, 9.17) is 33.4 Å². The molecule has 2 nitrogen and oxygen atoms in total. The molecule has 2 atom stereocenters. The van der Waals surface area contributed by atoms with Gasteiger partial charge < -0.3 is 10.2 Å². The monoisotopic (exact) mass is 158 g/mol. The highest BCUT2D eigenvalue weighted by atomic mass is 35.5. The van der Waals surface area contributed by atoms with Crippen molar-refractivity contribution in [3.8, 4) is 0 Å². The first kappa shape index (κ1) is 8.50. The third-order valence-electron chi connectivity index (χ3n) is 0.724. The first-order valence-corrected chi connectivity index (χ1v) is 3.07. The van der Waals surface area contributed by atoms with Crippen LogP contribution in [0.4, 0.5) is 0 Å². The van der Waals surface area contributed by atoms with Gasteiger partial charge in [0.05, 0.1) is 5.38 Å². The van der Waals surface area contributed by atoms with E-state index in [-0.39, 0.29) is 0 Å². The quantitative estimate of drug-likeness (QED) is 0.455. The maximum atomic E-state index is 8.33. The minimum absolute atomic E-state index is 0.420. The summed E-state index contributed by atoms with van der Waals surface area (Å²) < 4.78 is 0. The van der Waals surface area contributed by atoms with E-state index in [1.54, 1.807) is 6.92 Å². The largest absolute Gasteiger partial charge is 0.367 e. The number of alkyl halides is 2. The molecule has 0 saturated heterocycles. The van der Waals surface area contributed by atoms with Gasteiger partial charge in [0.1, 0.15) is 5.38 Å². The van der Waals surface area contributed by atoms with Gasteiger partial charge in [-0.05, 0) is 6.92 Å². The van der Waals surface area contributed by atoms with E-state index in [0.717, 1.165) is 0 Å². The predicted octanol–water partition coefficient (Wildman–Crippen LogP) is 0.532. The van der Waals surface area contributed by atoms with Gasteiger partial charge >= 0.3 is 0 Å². The van der Waals surface area contributed by atoms with Gasteiger partial charge in [0.15, 0.2) is 6.29 Å². The van der Waals surface area contributed by atoms with Crippen molar-refractivity contribution in [2.45, 2.75) is 24.0 Å². The lowest BCUT2D eigenvalue weighted by atomic mass is 10.3. The minimum Gasteiger partial charge on any atom is -0.367 e. The highest BCUT2D eigenvalue weighted by molar-refractivity contribution is 6.30. The van der Waals surface area contributed by atoms with Crippen LogP contribution in [0.2, 0.25) is 0 Å². The Kier molecular flexibility index (Phi) is 3.73. The van der Waals surface area contributed by atoms with E-state index >= 15 is 0 Å². The van der Waals surface area contributed by atoms with Gasteiger partial charge in [0.2, 0.25) is 0 Å². The van der Waals surface area contributed by atoms with Crippen molar-refractivity contribution in [3.63, 3.8) is 0 Å². The highest BCUT2D eigenvalue weighted by Gasteiger charge is 2.18. The Morgan fingerprint density at radius 3 is 1.62 bits per heavy atom. The molecule has 8 heavy (non-hydrogen) atoms. The van der Waals surface area contributed by atoms with Crippen LogP contribution in [0.15, 0.2) is 0 Å². The second-order valence-corrected chi connectivity index (χ2v) is 2.73. The number of halogens is 2. The smallest absolute Gasteiger partial charge is 0.169 e. The van der Waals surface area contributed by atoms with Crippen LogP contribution in [0.3, 0.4) is 0 Å². The Bertz CT molecular complexity index is 57.1. The van der Waals surface area contributed by atoms with Crippen LogP contribution in [0.25, 0.3) is 0 Å². The molecule has 50 valence electrons. The highest BCUT2D eigenvalue weighted by Crippen LogP contribution is 2.11. The summed E-state index contributed by atoms with van der Waals surface area (Å²) in [4.78, 5) is 0. The van der Waals surface area contributed by atoms with Gasteiger partial charge in [-0.1, -0.05) is 0 Å². The first-order chi connectivity index (χ1) is 3.55. The van der Waals surface area contributed by atoms with E-state index in [1.165, 1.54) is 0 Å². The predicted molar refractivity (Wildman–Crippen MR) is 33.2 cm³/mol. The van der Waals surface area contributed by atoms with E-state index in [9.17, 15) is 0 Å². The molecular weight excluding hydrogens is 151 g/mol. The van der Waals surface area contributed by atoms with Gasteiger partial charge in [-0.25, -0.2) is 0 Å². The summed E-state index contributed by atoms with van der Waals surface area (Å²) in [6.07, 6.45) is -1.52. The fourth-order valence-corrected chi connectivity index (χ4v) is 0.367. The molecule has 0 amide bonds. The first-order valence-electron chi connectivity index (χ1n) is 2.20. The molecule has 0 bridgehead atoms. The summed E-state index contributed by atoms with van der Waals surface area (Å²) in [7, 11) is 0. The Labute approximate surface area is 58.0 Å². The Balaban J connectivity index is 3.46. The van der Waals surface area contributed by atoms with Crippen LogP contribution in [0.5, 0.6) is 0 Å². The Morgan fingerprint density at radius 2 is 1.62 bits per heavy atom. The average Bonchev–Trinajstić information content (AvgIpc) is 1.64. The van der Waals surface area contributed by atoms with E-state index < -0.39 is 17.0 Å². The molecule has 4 heteroatoms. The molecule has 0 saturated carbocycles. The fraction of sp³-hybridized carbons (Fsp3) is 1.00. The molecule has 0 rings (SSSR count). The molecule has 0 aliphatic carbocycles. The zero-order chi connectivity index (χ0) is 6.73. The molecule has 0 aliphatic rings. The molecule has 0 aliphatic heterocycles. The molecular formula is C4H8Cl2O2. The standard InChI is InChI=1S/C4H8Cl2O2/c1-2(5)3(6)4(7)8/h2-4,7-8H,1H3. The van der Waals surface area contributed by atoms with Crippen molar-refractivity contribution in [3.05, 3.63) is 0 Å². The summed E-state index contributed by atoms with van der Waals surface area (Å²) in [5, 5.41) is 15.5. The van der Waals surface area contributed by atoms with Gasteiger partial charge in [-0.15, -0.1) is 23.2 Å². The zero-order valence-corrected chi connectivity index (χ0v) is 5.89. The van der Waals surface area contributed by atoms with Crippen molar-refractivity contribution in [1.82, 2.24) is 0 Å². The topological polar surface area (TPSA) is 40.5 Å². The fourth-order valence-electron chi connectivity index (χ4n) is 0.237. The van der Waals surface area contributed by atoms with Crippen LogP contribution in [-0.4, -0.2) is 27.3 Å². The van der Waals surface area contributed by atoms with Crippen molar-refractivity contribution >= 4 is 23.2 Å². The van der Waals surface area contributed by atoms with E-state index in [1.807, 2.05) is 0 Å². The SMILES string of the molecule is CC(Cl)C(Cl)C(O)O. The third-order valence-corrected chi connectivity index (χ3v) is 1.73. The van der Waals surface area contributed by atoms with Gasteiger partial charge in [-0.2, -0.15) is 0 Å². The number of aliphatic hydroxyl groups is 2. The van der Waals surface area contributed by atoms with Gasteiger partial charge in [0.25, 0.3) is 0 Å². The normalized spacial score (nSPS) is 18.8. The second kappa shape index (κ2) is 3.51. The van der Waals surface area contributed by atoms with Crippen LogP contribution < -0.4 is 0 Å². The Hall–Kier alpha value is 0.500. The summed E-state index contributed by atoms with van der Waals surface area (Å²) in [5.74, 6) is 0. The van der Waals surface area contributed by atoms with Crippen molar-refractivity contribution in [2.24, 2.45) is 0 Å². The molecule has 0 spiro atoms. The maximum Gasteiger partial charge on any atom is 0.169 e. The van der Waals surface area contributed by atoms with E-state index in [0.29, 0.717) is 0 Å². The number of hydrogen-bond acceptors (Lipinski definition) is 2. The molecule has 0 aromatic carbocycles. The lowest BCUT2D eigenvalue weighted by Crippen LogP contribution is -2.26. The minimum atomic E-state index is -1.52. The molecule has 2 N–H and O–H groups in total. The number of hydrogen-bond donors (Lipinski definition) is 2. The van der Waals surface area contributed by atoms with Crippen molar-refractivity contribution < 1.29 is 10.2 Å². The van der Waals surface area contributed by atoms with Crippen molar-refractivity contribution in [1.29, 1.82) is 0 Å². The molecule has 0 aromatic rings. The van der Waals surface area contributed by atoms with Crippen LogP contribution in [0.1, 0.15) is 6.92 Å². The molecule has 0 heterocycles. The van der Waals surface area contributed by atoms with Crippen LogP contribution in [-0.2, 0) is 0 Å². The van der Waals surface area contributed by atoms with Gasteiger partial charge in [0, 0.05) is 0 Å². The Morgan fingerprint density at radius 1 is 1.25 bits per heavy atom. The van der Waals surface area contributed by atoms with Gasteiger partial charge in [-0.3, -0.25) is 0 Å². The summed E-state index contributed by atoms with van der Waals surface area (Å²) >= 11 is 10.7. The van der Waals surface area contributed by atoms with E-state index in [2.05, 4.69) is 0 Å². The summed E-state index contributed by atoms with van der Waals surface area (Å²) in [6, 6.07) is 0. The average molecular weight is 159 g/mol. The number of rotatable bonds is 2. The van der Waals surface area contributed by atoms with Crippen LogP contribution in [0, 0.1) is 0 Å². The van der Waals surface area contributed by atoms with Crippen molar-refractivity contribution in [2.75, 3.05) is 0 Å². The molecule has 0 fully saturated rings. The second-order valence-electron chi connectivity index (χ2n) is 1.54. The third kappa shape index (κ3) is 2.72. The lowest BCUT2D eigenvalue weighted by molar-refractivity contribution is -0.0413. The molecule has 0 radical (unpaired) electrons. The van der Waals surface area contributed by atoms with Crippen LogP contribution >= 0.6 is 23.2 Å². The molecule has 2 unspecified atom stereocenters. The summed E-state index contributed by atoms with van der Waals surface area (Å²) in [5.41, 5.74) is 0. The number of aliphatic hydroxyl groups excluding tert-OH is 1.